The second kappa shape index (κ2) is 2.13. The summed E-state index contributed by atoms with van der Waals surface area (Å²) in [6, 6.07) is 0. The standard InChI is InChI=1S/C8H13N/c1-2-4-8-6-9-5-7(8)3-1/h5,7-8H,1-4,6H2/t7-,8+/m0/s1. The van der Waals surface area contributed by atoms with Crippen molar-refractivity contribution in [2.45, 2.75) is 25.7 Å². The Kier molecular flexibility index (Phi) is 1.29. The molecule has 1 aliphatic carbocycles. The molecule has 0 unspecified atom stereocenters. The largest absolute Gasteiger partial charge is 0.297 e. The van der Waals surface area contributed by atoms with Gasteiger partial charge in [0.15, 0.2) is 0 Å². The normalized spacial score (nSPS) is 40.9. The molecule has 0 N–H and O–H groups in total. The number of hydrogen-bond donors (Lipinski definition) is 0. The van der Waals surface area contributed by atoms with Crippen molar-refractivity contribution in [3.63, 3.8) is 0 Å². The Bertz CT molecular complexity index is 129. The van der Waals surface area contributed by atoms with Gasteiger partial charge in [-0.05, 0) is 24.7 Å². The predicted octanol–water partition coefficient (Wildman–Crippen LogP) is 1.88. The van der Waals surface area contributed by atoms with Crippen molar-refractivity contribution in [2.24, 2.45) is 16.8 Å². The van der Waals surface area contributed by atoms with E-state index in [1.807, 2.05) is 0 Å². The van der Waals surface area contributed by atoms with Gasteiger partial charge >= 0.3 is 0 Å². The van der Waals surface area contributed by atoms with Crippen LogP contribution < -0.4 is 0 Å². The number of hydrogen-bond acceptors (Lipinski definition) is 1. The Morgan fingerprint density at radius 1 is 1.22 bits per heavy atom. The van der Waals surface area contributed by atoms with Crippen LogP contribution in [0.2, 0.25) is 0 Å². The van der Waals surface area contributed by atoms with Gasteiger partial charge in [0.2, 0.25) is 0 Å². The van der Waals surface area contributed by atoms with Gasteiger partial charge in [0, 0.05) is 12.8 Å². The van der Waals surface area contributed by atoms with Crippen LogP contribution in [0.15, 0.2) is 4.99 Å². The quantitative estimate of drug-likeness (QED) is 0.466. The molecule has 2 aliphatic rings. The average molecular weight is 123 g/mol. The van der Waals surface area contributed by atoms with Crippen molar-refractivity contribution in [3.8, 4) is 0 Å². The van der Waals surface area contributed by atoms with E-state index < -0.39 is 0 Å². The zero-order valence-corrected chi connectivity index (χ0v) is 5.71. The van der Waals surface area contributed by atoms with Crippen molar-refractivity contribution in [2.75, 3.05) is 6.54 Å². The summed E-state index contributed by atoms with van der Waals surface area (Å²) in [6.07, 6.45) is 7.92. The maximum absolute atomic E-state index is 4.30. The van der Waals surface area contributed by atoms with Crippen LogP contribution in [0.1, 0.15) is 25.7 Å². The molecule has 2 rings (SSSR count). The van der Waals surface area contributed by atoms with Crippen LogP contribution in [0.5, 0.6) is 0 Å². The molecule has 1 heterocycles. The smallest absolute Gasteiger partial charge is 0.0419 e. The first kappa shape index (κ1) is 5.45. The summed E-state index contributed by atoms with van der Waals surface area (Å²) in [5, 5.41) is 0. The first-order valence-electron chi connectivity index (χ1n) is 3.97. The number of fused-ring (bicyclic) bond motifs is 1. The van der Waals surface area contributed by atoms with Gasteiger partial charge in [-0.3, -0.25) is 4.99 Å². The highest BCUT2D eigenvalue weighted by Crippen LogP contribution is 2.31. The lowest BCUT2D eigenvalue weighted by molar-refractivity contribution is 0.332. The summed E-state index contributed by atoms with van der Waals surface area (Å²) in [7, 11) is 0. The van der Waals surface area contributed by atoms with Gasteiger partial charge in [0.05, 0.1) is 0 Å². The average Bonchev–Trinajstić information content (AvgIpc) is 2.33. The Labute approximate surface area is 56.2 Å². The van der Waals surface area contributed by atoms with Gasteiger partial charge in [-0.2, -0.15) is 0 Å². The van der Waals surface area contributed by atoms with Crippen LogP contribution in [0.3, 0.4) is 0 Å². The molecule has 50 valence electrons. The van der Waals surface area contributed by atoms with Crippen LogP contribution in [0.4, 0.5) is 0 Å². The van der Waals surface area contributed by atoms with E-state index in [2.05, 4.69) is 11.2 Å². The minimum Gasteiger partial charge on any atom is -0.297 e. The Hall–Kier alpha value is -0.330. The van der Waals surface area contributed by atoms with E-state index in [1.54, 1.807) is 0 Å². The zero-order chi connectivity index (χ0) is 6.10. The number of rotatable bonds is 0. The lowest BCUT2D eigenvalue weighted by Gasteiger charge is -2.22. The molecule has 0 amide bonds. The van der Waals surface area contributed by atoms with E-state index in [9.17, 15) is 0 Å². The minimum absolute atomic E-state index is 0.874. The Morgan fingerprint density at radius 2 is 2.11 bits per heavy atom. The van der Waals surface area contributed by atoms with Crippen LogP contribution in [0, 0.1) is 11.8 Å². The monoisotopic (exact) mass is 123 g/mol. The van der Waals surface area contributed by atoms with Crippen molar-refractivity contribution < 1.29 is 0 Å². The lowest BCUT2D eigenvalue weighted by atomic mass is 9.82. The summed E-state index contributed by atoms with van der Waals surface area (Å²) >= 11 is 0. The third kappa shape index (κ3) is 0.887. The molecular weight excluding hydrogens is 110 g/mol. The van der Waals surface area contributed by atoms with Gasteiger partial charge in [-0.15, -0.1) is 0 Å². The fourth-order valence-electron chi connectivity index (χ4n) is 1.99. The maximum Gasteiger partial charge on any atom is 0.0419 e. The van der Waals surface area contributed by atoms with E-state index in [-0.39, 0.29) is 0 Å². The van der Waals surface area contributed by atoms with Crippen LogP contribution in [-0.4, -0.2) is 12.8 Å². The van der Waals surface area contributed by atoms with Crippen LogP contribution in [-0.2, 0) is 0 Å². The molecule has 1 saturated carbocycles. The topological polar surface area (TPSA) is 12.4 Å². The first-order chi connectivity index (χ1) is 4.47. The molecular formula is C8H13N. The van der Waals surface area contributed by atoms with E-state index in [0.29, 0.717) is 0 Å². The second-order valence-corrected chi connectivity index (χ2v) is 3.22. The molecule has 0 saturated heterocycles. The zero-order valence-electron chi connectivity index (χ0n) is 5.71. The first-order valence-corrected chi connectivity index (χ1v) is 3.97. The molecule has 0 bridgehead atoms. The molecule has 0 aromatic heterocycles. The fourth-order valence-corrected chi connectivity index (χ4v) is 1.99. The van der Waals surface area contributed by atoms with E-state index in [4.69, 9.17) is 0 Å². The summed E-state index contributed by atoms with van der Waals surface area (Å²) < 4.78 is 0. The van der Waals surface area contributed by atoms with Gasteiger partial charge in [-0.1, -0.05) is 12.8 Å². The third-order valence-electron chi connectivity index (χ3n) is 2.60. The van der Waals surface area contributed by atoms with E-state index in [1.165, 1.54) is 25.7 Å². The number of nitrogens with zero attached hydrogens (tertiary/aromatic N) is 1. The molecule has 1 fully saturated rings. The minimum atomic E-state index is 0.874. The Morgan fingerprint density at radius 3 is 3.00 bits per heavy atom. The van der Waals surface area contributed by atoms with Crippen LogP contribution >= 0.6 is 0 Å². The van der Waals surface area contributed by atoms with Gasteiger partial charge in [0.1, 0.15) is 0 Å². The molecule has 2 atom stereocenters. The van der Waals surface area contributed by atoms with E-state index in [0.717, 1.165) is 18.4 Å². The van der Waals surface area contributed by atoms with Crippen molar-refractivity contribution >= 4 is 6.21 Å². The molecule has 0 radical (unpaired) electrons. The molecule has 1 aliphatic heterocycles. The molecule has 0 spiro atoms. The molecule has 1 nitrogen and oxygen atoms in total. The van der Waals surface area contributed by atoms with Crippen molar-refractivity contribution in [3.05, 3.63) is 0 Å². The summed E-state index contributed by atoms with van der Waals surface area (Å²) in [5.74, 6) is 1.82. The summed E-state index contributed by atoms with van der Waals surface area (Å²) in [5.41, 5.74) is 0. The fraction of sp³-hybridized carbons (Fsp3) is 0.875. The Balaban J connectivity index is 2.03. The van der Waals surface area contributed by atoms with Gasteiger partial charge < -0.3 is 0 Å². The molecule has 9 heavy (non-hydrogen) atoms. The SMILES string of the molecule is C1=NC[C@H]2CCCC[C@@H]12. The lowest BCUT2D eigenvalue weighted by Crippen LogP contribution is -2.17. The van der Waals surface area contributed by atoms with Crippen molar-refractivity contribution in [1.82, 2.24) is 0 Å². The highest BCUT2D eigenvalue weighted by Gasteiger charge is 2.26. The van der Waals surface area contributed by atoms with Gasteiger partial charge in [0.25, 0.3) is 0 Å². The maximum atomic E-state index is 4.30. The highest BCUT2D eigenvalue weighted by molar-refractivity contribution is 5.63. The third-order valence-corrected chi connectivity index (χ3v) is 2.60. The summed E-state index contributed by atoms with van der Waals surface area (Å²) in [6.45, 7) is 1.13. The molecule has 0 aromatic rings. The van der Waals surface area contributed by atoms with Gasteiger partial charge in [-0.25, -0.2) is 0 Å². The number of aliphatic imine (C=N–C) groups is 1. The molecule has 1 heteroatoms. The van der Waals surface area contributed by atoms with Crippen LogP contribution in [0.25, 0.3) is 0 Å². The van der Waals surface area contributed by atoms with E-state index >= 15 is 0 Å². The highest BCUT2D eigenvalue weighted by atomic mass is 14.8. The summed E-state index contributed by atoms with van der Waals surface area (Å²) in [4.78, 5) is 4.30. The second-order valence-electron chi connectivity index (χ2n) is 3.22. The predicted molar refractivity (Wildman–Crippen MR) is 38.8 cm³/mol. The molecule has 0 aromatic carbocycles. The van der Waals surface area contributed by atoms with Crippen molar-refractivity contribution in [1.29, 1.82) is 0 Å².